The van der Waals surface area contributed by atoms with E-state index in [1.165, 1.54) is 13.2 Å². The number of aromatic nitrogens is 1. The summed E-state index contributed by atoms with van der Waals surface area (Å²) in [6, 6.07) is 1.22. The third kappa shape index (κ3) is 6.14. The minimum Gasteiger partial charge on any atom is -0.475 e. The van der Waals surface area contributed by atoms with E-state index < -0.39 is 22.7 Å². The lowest BCUT2D eigenvalue weighted by molar-refractivity contribution is 0.0635. The molecule has 0 fully saturated rings. The molecule has 1 heterocycles. The average Bonchev–Trinajstić information content (AvgIpc) is 2.33. The molecular formula is C13H18ClFN2O4. The maximum atomic E-state index is 13.8. The summed E-state index contributed by atoms with van der Waals surface area (Å²) >= 11 is 5.66. The van der Waals surface area contributed by atoms with Crippen molar-refractivity contribution in [3.8, 4) is 5.88 Å². The van der Waals surface area contributed by atoms with E-state index >= 15 is 0 Å². The number of hydrogen-bond acceptors (Lipinski definition) is 5. The summed E-state index contributed by atoms with van der Waals surface area (Å²) in [6.45, 7) is 5.65. The first kappa shape index (κ1) is 17.5. The molecule has 1 rings (SSSR count). The molecule has 21 heavy (non-hydrogen) atoms. The number of nitrogens with zero attached hydrogens (tertiary/aromatic N) is 1. The number of halogens is 2. The van der Waals surface area contributed by atoms with Gasteiger partial charge in [0.2, 0.25) is 5.88 Å². The first-order valence-corrected chi connectivity index (χ1v) is 6.58. The summed E-state index contributed by atoms with van der Waals surface area (Å²) in [5.74, 6) is -0.786. The zero-order valence-electron chi connectivity index (χ0n) is 12.3. The fourth-order valence-electron chi connectivity index (χ4n) is 1.28. The lowest BCUT2D eigenvalue weighted by atomic mass is 10.2. The number of ether oxygens (including phenoxy) is 3. The monoisotopic (exact) mass is 320 g/mol. The van der Waals surface area contributed by atoms with E-state index in [-0.39, 0.29) is 18.2 Å². The van der Waals surface area contributed by atoms with Crippen molar-refractivity contribution in [2.75, 3.05) is 25.6 Å². The van der Waals surface area contributed by atoms with Crippen molar-refractivity contribution in [2.24, 2.45) is 0 Å². The van der Waals surface area contributed by atoms with Crippen LogP contribution < -0.4 is 10.1 Å². The maximum absolute atomic E-state index is 13.8. The van der Waals surface area contributed by atoms with Gasteiger partial charge in [-0.25, -0.2) is 9.18 Å². The summed E-state index contributed by atoms with van der Waals surface area (Å²) in [4.78, 5) is 15.3. The fraction of sp³-hybridized carbons (Fsp3) is 0.538. The quantitative estimate of drug-likeness (QED) is 0.666. The SMILES string of the molecule is COCCOc1cc(NC(=O)OC(C)(C)C)c(F)c(Cl)n1. The molecule has 0 aliphatic heterocycles. The number of rotatable bonds is 5. The lowest BCUT2D eigenvalue weighted by Crippen LogP contribution is -2.27. The van der Waals surface area contributed by atoms with E-state index in [0.29, 0.717) is 6.61 Å². The zero-order valence-corrected chi connectivity index (χ0v) is 13.1. The van der Waals surface area contributed by atoms with Crippen LogP contribution in [0.1, 0.15) is 20.8 Å². The van der Waals surface area contributed by atoms with Crippen LogP contribution in [0.5, 0.6) is 5.88 Å². The van der Waals surface area contributed by atoms with Crippen molar-refractivity contribution in [1.29, 1.82) is 0 Å². The standard InChI is InChI=1S/C13H18ClFN2O4/c1-13(2,3)21-12(18)16-8-7-9(20-6-5-19-4)17-11(14)10(8)15/h7H,5-6H2,1-4H3,(H,16,17,18). The number of anilines is 1. The molecule has 0 aliphatic rings. The Labute approximate surface area is 127 Å². The third-order valence-electron chi connectivity index (χ3n) is 2.07. The second-order valence-electron chi connectivity index (χ2n) is 5.08. The highest BCUT2D eigenvalue weighted by molar-refractivity contribution is 6.30. The third-order valence-corrected chi connectivity index (χ3v) is 2.32. The molecule has 0 saturated heterocycles. The van der Waals surface area contributed by atoms with Crippen molar-refractivity contribution < 1.29 is 23.4 Å². The smallest absolute Gasteiger partial charge is 0.412 e. The lowest BCUT2D eigenvalue weighted by Gasteiger charge is -2.20. The Hall–Kier alpha value is -1.60. The maximum Gasteiger partial charge on any atom is 0.412 e. The molecule has 1 amide bonds. The van der Waals surface area contributed by atoms with E-state index in [0.717, 1.165) is 0 Å². The van der Waals surface area contributed by atoms with Gasteiger partial charge in [-0.2, -0.15) is 4.98 Å². The van der Waals surface area contributed by atoms with Gasteiger partial charge in [0.1, 0.15) is 12.2 Å². The molecular weight excluding hydrogens is 303 g/mol. The van der Waals surface area contributed by atoms with Gasteiger partial charge in [0.15, 0.2) is 11.0 Å². The Morgan fingerprint density at radius 3 is 2.67 bits per heavy atom. The Morgan fingerprint density at radius 2 is 2.10 bits per heavy atom. The first-order chi connectivity index (χ1) is 9.73. The van der Waals surface area contributed by atoms with Gasteiger partial charge in [0.05, 0.1) is 12.3 Å². The summed E-state index contributed by atoms with van der Waals surface area (Å²) in [5, 5.41) is 1.86. The molecule has 1 N–H and O–H groups in total. The Bertz CT molecular complexity index is 506. The van der Waals surface area contributed by atoms with E-state index in [1.807, 2.05) is 0 Å². The van der Waals surface area contributed by atoms with Crippen LogP contribution in [0.4, 0.5) is 14.9 Å². The first-order valence-electron chi connectivity index (χ1n) is 6.20. The van der Waals surface area contributed by atoms with Crippen LogP contribution in [0.25, 0.3) is 0 Å². The summed E-state index contributed by atoms with van der Waals surface area (Å²) in [7, 11) is 1.52. The Balaban J connectivity index is 2.83. The van der Waals surface area contributed by atoms with Crippen LogP contribution in [0.2, 0.25) is 5.15 Å². The second kappa shape index (κ2) is 7.42. The van der Waals surface area contributed by atoms with Crippen molar-refractivity contribution in [3.63, 3.8) is 0 Å². The van der Waals surface area contributed by atoms with Crippen LogP contribution in [-0.4, -0.2) is 37.0 Å². The highest BCUT2D eigenvalue weighted by Gasteiger charge is 2.19. The van der Waals surface area contributed by atoms with E-state index in [4.69, 9.17) is 25.8 Å². The fourth-order valence-corrected chi connectivity index (χ4v) is 1.47. The minimum atomic E-state index is -0.860. The molecule has 0 bridgehead atoms. The molecule has 1 aromatic heterocycles. The summed E-state index contributed by atoms with van der Waals surface area (Å²) < 4.78 is 28.9. The number of hydrogen-bond donors (Lipinski definition) is 1. The van der Waals surface area contributed by atoms with E-state index in [1.54, 1.807) is 20.8 Å². The number of carbonyl (C=O) groups is 1. The van der Waals surface area contributed by atoms with Gasteiger partial charge in [-0.3, -0.25) is 5.32 Å². The Kier molecular flexibility index (Phi) is 6.17. The summed E-state index contributed by atoms with van der Waals surface area (Å²) in [5.41, 5.74) is -0.869. The van der Waals surface area contributed by atoms with Crippen LogP contribution >= 0.6 is 11.6 Å². The van der Waals surface area contributed by atoms with Gasteiger partial charge in [0.25, 0.3) is 0 Å². The van der Waals surface area contributed by atoms with Crippen LogP contribution in [-0.2, 0) is 9.47 Å². The Morgan fingerprint density at radius 1 is 1.43 bits per heavy atom. The number of pyridine rings is 1. The molecule has 0 unspecified atom stereocenters. The molecule has 8 heteroatoms. The highest BCUT2D eigenvalue weighted by Crippen LogP contribution is 2.26. The molecule has 1 aromatic rings. The zero-order chi connectivity index (χ0) is 16.0. The van der Waals surface area contributed by atoms with Gasteiger partial charge in [-0.1, -0.05) is 11.6 Å². The molecule has 118 valence electrons. The second-order valence-corrected chi connectivity index (χ2v) is 5.44. The predicted octanol–water partition coefficient (Wildman–Crippen LogP) is 3.25. The van der Waals surface area contributed by atoms with E-state index in [2.05, 4.69) is 10.3 Å². The molecule has 0 aliphatic carbocycles. The van der Waals surface area contributed by atoms with Crippen molar-refractivity contribution in [2.45, 2.75) is 26.4 Å². The number of amides is 1. The number of methoxy groups -OCH3 is 1. The van der Waals surface area contributed by atoms with Gasteiger partial charge in [-0.15, -0.1) is 0 Å². The van der Waals surface area contributed by atoms with Gasteiger partial charge >= 0.3 is 6.09 Å². The topological polar surface area (TPSA) is 69.7 Å². The predicted molar refractivity (Wildman–Crippen MR) is 76.4 cm³/mol. The molecule has 0 radical (unpaired) electrons. The average molecular weight is 321 g/mol. The van der Waals surface area contributed by atoms with E-state index in [9.17, 15) is 9.18 Å². The minimum absolute atomic E-state index is 0.0736. The molecule has 6 nitrogen and oxygen atoms in total. The molecule has 0 atom stereocenters. The molecule has 0 aromatic carbocycles. The largest absolute Gasteiger partial charge is 0.475 e. The van der Waals surface area contributed by atoms with Crippen molar-refractivity contribution >= 4 is 23.4 Å². The van der Waals surface area contributed by atoms with Crippen LogP contribution in [0, 0.1) is 5.82 Å². The van der Waals surface area contributed by atoms with Gasteiger partial charge < -0.3 is 14.2 Å². The molecule has 0 saturated carbocycles. The van der Waals surface area contributed by atoms with Crippen LogP contribution in [0.3, 0.4) is 0 Å². The number of carbonyl (C=O) groups excluding carboxylic acids is 1. The highest BCUT2D eigenvalue weighted by atomic mass is 35.5. The van der Waals surface area contributed by atoms with Gasteiger partial charge in [0, 0.05) is 13.2 Å². The molecule has 0 spiro atoms. The van der Waals surface area contributed by atoms with Crippen molar-refractivity contribution in [1.82, 2.24) is 4.98 Å². The van der Waals surface area contributed by atoms with Crippen molar-refractivity contribution in [3.05, 3.63) is 17.0 Å². The normalized spacial score (nSPS) is 11.1. The summed E-state index contributed by atoms with van der Waals surface area (Å²) in [6.07, 6.45) is -0.800. The number of nitrogens with one attached hydrogen (secondary N) is 1. The van der Waals surface area contributed by atoms with Crippen LogP contribution in [0.15, 0.2) is 6.07 Å². The van der Waals surface area contributed by atoms with Gasteiger partial charge in [-0.05, 0) is 20.8 Å².